The Morgan fingerprint density at radius 1 is 1.55 bits per heavy atom. The van der Waals surface area contributed by atoms with E-state index in [2.05, 4.69) is 6.92 Å². The highest BCUT2D eigenvalue weighted by Gasteiger charge is 2.49. The summed E-state index contributed by atoms with van der Waals surface area (Å²) in [5.74, 6) is 0. The lowest BCUT2D eigenvalue weighted by atomic mass is 9.63. The van der Waals surface area contributed by atoms with Gasteiger partial charge in [-0.05, 0) is 6.42 Å². The van der Waals surface area contributed by atoms with E-state index in [1.807, 2.05) is 13.8 Å². The molecule has 1 aliphatic heterocycles. The third kappa shape index (κ3) is 1.09. The van der Waals surface area contributed by atoms with Crippen LogP contribution in [-0.2, 0) is 9.53 Å². The van der Waals surface area contributed by atoms with Crippen LogP contribution in [0.1, 0.15) is 27.2 Å². The van der Waals surface area contributed by atoms with Gasteiger partial charge in [0.1, 0.15) is 6.29 Å². The normalized spacial score (nSPS) is 22.5. The molecule has 0 N–H and O–H groups in total. The Morgan fingerprint density at radius 3 is 2.18 bits per heavy atom. The van der Waals surface area contributed by atoms with Gasteiger partial charge in [-0.1, -0.05) is 20.8 Å². The van der Waals surface area contributed by atoms with Crippen molar-refractivity contribution in [2.45, 2.75) is 27.2 Å². The highest BCUT2D eigenvalue weighted by molar-refractivity contribution is 5.60. The van der Waals surface area contributed by atoms with E-state index < -0.39 is 0 Å². The topological polar surface area (TPSA) is 26.3 Å². The first-order valence-corrected chi connectivity index (χ1v) is 4.12. The Morgan fingerprint density at radius 2 is 2.09 bits per heavy atom. The van der Waals surface area contributed by atoms with Gasteiger partial charge in [0.15, 0.2) is 0 Å². The summed E-state index contributed by atoms with van der Waals surface area (Å²) >= 11 is 0. The lowest BCUT2D eigenvalue weighted by Crippen LogP contribution is -2.53. The van der Waals surface area contributed by atoms with Gasteiger partial charge in [0.2, 0.25) is 0 Å². The van der Waals surface area contributed by atoms with E-state index >= 15 is 0 Å². The molecule has 0 amide bonds. The van der Waals surface area contributed by atoms with Crippen LogP contribution in [0.2, 0.25) is 0 Å². The van der Waals surface area contributed by atoms with Crippen LogP contribution in [0.4, 0.5) is 0 Å². The summed E-state index contributed by atoms with van der Waals surface area (Å²) in [4.78, 5) is 10.8. The maximum absolute atomic E-state index is 10.8. The molecule has 0 radical (unpaired) electrons. The Labute approximate surface area is 67.9 Å². The molecule has 2 nitrogen and oxygen atoms in total. The highest BCUT2D eigenvalue weighted by atomic mass is 16.5. The molecule has 0 atom stereocenters. The van der Waals surface area contributed by atoms with Crippen molar-refractivity contribution in [3.8, 4) is 0 Å². The van der Waals surface area contributed by atoms with E-state index in [9.17, 15) is 4.79 Å². The molecular formula is C9H16O2. The Kier molecular flexibility index (Phi) is 2.06. The Balaban J connectivity index is 2.75. The Hall–Kier alpha value is -0.370. The third-order valence-corrected chi connectivity index (χ3v) is 3.09. The molecule has 0 bridgehead atoms. The second-order valence-electron chi connectivity index (χ2n) is 3.97. The summed E-state index contributed by atoms with van der Waals surface area (Å²) in [6.07, 6.45) is 2.08. The number of hydrogen-bond acceptors (Lipinski definition) is 2. The summed E-state index contributed by atoms with van der Waals surface area (Å²) in [5.41, 5.74) is -0.102. The molecule has 0 aromatic carbocycles. The van der Waals surface area contributed by atoms with Crippen molar-refractivity contribution < 1.29 is 9.53 Å². The number of hydrogen-bond donors (Lipinski definition) is 0. The monoisotopic (exact) mass is 156 g/mol. The summed E-state index contributed by atoms with van der Waals surface area (Å²) in [7, 11) is 0. The van der Waals surface area contributed by atoms with Gasteiger partial charge in [0.05, 0.1) is 13.2 Å². The van der Waals surface area contributed by atoms with Crippen molar-refractivity contribution in [2.24, 2.45) is 10.8 Å². The molecule has 2 heteroatoms. The molecule has 1 rings (SSSR count). The molecule has 0 aromatic rings. The molecule has 1 saturated heterocycles. The van der Waals surface area contributed by atoms with E-state index in [0.717, 1.165) is 25.9 Å². The molecule has 1 heterocycles. The van der Waals surface area contributed by atoms with Gasteiger partial charge in [0.25, 0.3) is 0 Å². The minimum Gasteiger partial charge on any atom is -0.380 e. The van der Waals surface area contributed by atoms with Crippen LogP contribution in [-0.4, -0.2) is 19.5 Å². The zero-order valence-corrected chi connectivity index (χ0v) is 7.52. The third-order valence-electron chi connectivity index (χ3n) is 3.09. The fraction of sp³-hybridized carbons (Fsp3) is 0.889. The quantitative estimate of drug-likeness (QED) is 0.581. The van der Waals surface area contributed by atoms with E-state index in [1.54, 1.807) is 0 Å². The Bertz CT molecular complexity index is 151. The molecule has 1 aliphatic rings. The first kappa shape index (κ1) is 8.72. The van der Waals surface area contributed by atoms with Crippen LogP contribution in [0.5, 0.6) is 0 Å². The number of carbonyl (C=O) groups excluding carboxylic acids is 1. The minimum absolute atomic E-state index is 0.120. The van der Waals surface area contributed by atoms with Crippen LogP contribution >= 0.6 is 0 Å². The zero-order valence-electron chi connectivity index (χ0n) is 7.52. The number of aldehydes is 1. The maximum Gasteiger partial charge on any atom is 0.126 e. The van der Waals surface area contributed by atoms with Gasteiger partial charge < -0.3 is 9.53 Å². The molecule has 0 spiro atoms. The molecular weight excluding hydrogens is 140 g/mol. The molecule has 1 fully saturated rings. The van der Waals surface area contributed by atoms with Gasteiger partial charge in [-0.25, -0.2) is 0 Å². The first-order valence-electron chi connectivity index (χ1n) is 4.12. The van der Waals surface area contributed by atoms with Crippen molar-refractivity contribution in [1.29, 1.82) is 0 Å². The van der Waals surface area contributed by atoms with Crippen molar-refractivity contribution in [3.63, 3.8) is 0 Å². The van der Waals surface area contributed by atoms with Crippen molar-refractivity contribution in [3.05, 3.63) is 0 Å². The van der Waals surface area contributed by atoms with Crippen LogP contribution in [0.15, 0.2) is 0 Å². The first-order chi connectivity index (χ1) is 5.08. The SMILES string of the molecule is CCC1(C(C)(C)C=O)COC1. The van der Waals surface area contributed by atoms with Crippen LogP contribution in [0.25, 0.3) is 0 Å². The predicted octanol–water partition coefficient (Wildman–Crippen LogP) is 1.64. The fourth-order valence-corrected chi connectivity index (χ4v) is 1.51. The van der Waals surface area contributed by atoms with Gasteiger partial charge in [-0.3, -0.25) is 0 Å². The summed E-state index contributed by atoms with van der Waals surface area (Å²) in [5, 5.41) is 0. The summed E-state index contributed by atoms with van der Waals surface area (Å²) in [6, 6.07) is 0. The molecule has 0 saturated carbocycles. The highest BCUT2D eigenvalue weighted by Crippen LogP contribution is 2.46. The van der Waals surface area contributed by atoms with Crippen LogP contribution < -0.4 is 0 Å². The summed E-state index contributed by atoms with van der Waals surface area (Å²) in [6.45, 7) is 7.59. The van der Waals surface area contributed by atoms with E-state index in [0.29, 0.717) is 0 Å². The molecule has 0 aliphatic carbocycles. The van der Waals surface area contributed by atoms with Gasteiger partial charge in [0, 0.05) is 10.8 Å². The van der Waals surface area contributed by atoms with E-state index in [1.165, 1.54) is 0 Å². The lowest BCUT2D eigenvalue weighted by molar-refractivity contribution is -0.177. The minimum atomic E-state index is -0.222. The molecule has 11 heavy (non-hydrogen) atoms. The standard InChI is InChI=1S/C9H16O2/c1-4-9(6-11-7-9)8(2,3)5-10/h5H,4,6-7H2,1-3H3. The second-order valence-corrected chi connectivity index (χ2v) is 3.97. The average Bonchev–Trinajstić information content (AvgIpc) is 1.86. The predicted molar refractivity (Wildman–Crippen MR) is 43.4 cm³/mol. The number of carbonyl (C=O) groups is 1. The largest absolute Gasteiger partial charge is 0.380 e. The smallest absolute Gasteiger partial charge is 0.126 e. The molecule has 64 valence electrons. The van der Waals surface area contributed by atoms with Crippen molar-refractivity contribution >= 4 is 6.29 Å². The number of rotatable bonds is 3. The summed E-state index contributed by atoms with van der Waals surface area (Å²) < 4.78 is 5.16. The average molecular weight is 156 g/mol. The van der Waals surface area contributed by atoms with Crippen molar-refractivity contribution in [1.82, 2.24) is 0 Å². The van der Waals surface area contributed by atoms with Crippen molar-refractivity contribution in [2.75, 3.05) is 13.2 Å². The van der Waals surface area contributed by atoms with Gasteiger partial charge >= 0.3 is 0 Å². The van der Waals surface area contributed by atoms with Gasteiger partial charge in [-0.2, -0.15) is 0 Å². The van der Waals surface area contributed by atoms with Crippen LogP contribution in [0, 0.1) is 10.8 Å². The second kappa shape index (κ2) is 2.59. The molecule has 0 unspecified atom stereocenters. The van der Waals surface area contributed by atoms with Gasteiger partial charge in [-0.15, -0.1) is 0 Å². The molecule has 0 aromatic heterocycles. The van der Waals surface area contributed by atoms with Crippen LogP contribution in [0.3, 0.4) is 0 Å². The maximum atomic E-state index is 10.8. The lowest BCUT2D eigenvalue weighted by Gasteiger charge is -2.49. The number of ether oxygens (including phenoxy) is 1. The zero-order chi connectivity index (χ0) is 8.54. The fourth-order valence-electron chi connectivity index (χ4n) is 1.51. The van der Waals surface area contributed by atoms with E-state index in [-0.39, 0.29) is 10.8 Å². The van der Waals surface area contributed by atoms with E-state index in [4.69, 9.17) is 4.74 Å².